The molecule has 1 aromatic heterocycles. The van der Waals surface area contributed by atoms with Gasteiger partial charge in [-0.1, -0.05) is 23.7 Å². The highest BCUT2D eigenvalue weighted by atomic mass is 35.5. The van der Waals surface area contributed by atoms with Gasteiger partial charge in [-0.05, 0) is 54.3 Å². The Morgan fingerprint density at radius 1 is 1.43 bits per heavy atom. The van der Waals surface area contributed by atoms with E-state index in [1.165, 1.54) is 12.1 Å². The SMILES string of the molecule is Cc1cccc(F)c1CC(NSc1ccc(Cl)cc1C(N)=O)c1n[nH]c(=O)o1. The van der Waals surface area contributed by atoms with Crippen LogP contribution in [0.2, 0.25) is 5.02 Å². The van der Waals surface area contributed by atoms with E-state index in [0.29, 0.717) is 15.5 Å². The number of amides is 1. The first kappa shape index (κ1) is 20.1. The van der Waals surface area contributed by atoms with Crippen molar-refractivity contribution in [2.45, 2.75) is 24.3 Å². The molecule has 0 saturated heterocycles. The minimum Gasteiger partial charge on any atom is -0.391 e. The number of nitrogens with one attached hydrogen (secondary N) is 2. The number of carbonyl (C=O) groups is 1. The summed E-state index contributed by atoms with van der Waals surface area (Å²) in [5.41, 5.74) is 6.84. The molecule has 0 aliphatic heterocycles. The molecule has 1 heterocycles. The molecule has 10 heteroatoms. The minimum absolute atomic E-state index is 0.0646. The molecule has 28 heavy (non-hydrogen) atoms. The zero-order valence-electron chi connectivity index (χ0n) is 14.7. The molecule has 0 aliphatic rings. The summed E-state index contributed by atoms with van der Waals surface area (Å²) in [5.74, 6) is -1.67. The zero-order chi connectivity index (χ0) is 20.3. The van der Waals surface area contributed by atoms with Gasteiger partial charge in [0.2, 0.25) is 11.8 Å². The molecule has 7 nitrogen and oxygen atoms in total. The van der Waals surface area contributed by atoms with Gasteiger partial charge in [-0.25, -0.2) is 19.0 Å². The molecule has 4 N–H and O–H groups in total. The Hall–Kier alpha value is -2.62. The van der Waals surface area contributed by atoms with E-state index < -0.39 is 17.7 Å². The van der Waals surface area contributed by atoms with Crippen molar-refractivity contribution < 1.29 is 13.6 Å². The van der Waals surface area contributed by atoms with Crippen molar-refractivity contribution >= 4 is 29.5 Å². The summed E-state index contributed by atoms with van der Waals surface area (Å²) >= 11 is 7.00. The molecule has 0 fully saturated rings. The van der Waals surface area contributed by atoms with Crippen LogP contribution in [0.3, 0.4) is 0 Å². The molecule has 3 rings (SSSR count). The molecule has 0 aliphatic carbocycles. The van der Waals surface area contributed by atoms with Gasteiger partial charge in [0.1, 0.15) is 5.82 Å². The Labute approximate surface area is 168 Å². The first-order valence-corrected chi connectivity index (χ1v) is 9.35. The summed E-state index contributed by atoms with van der Waals surface area (Å²) < 4.78 is 22.4. The minimum atomic E-state index is -0.721. The Balaban J connectivity index is 1.89. The van der Waals surface area contributed by atoms with Gasteiger partial charge in [0.15, 0.2) is 0 Å². The van der Waals surface area contributed by atoms with E-state index in [4.69, 9.17) is 21.8 Å². The average Bonchev–Trinajstić information content (AvgIpc) is 3.07. The monoisotopic (exact) mass is 422 g/mol. The van der Waals surface area contributed by atoms with Gasteiger partial charge in [0.25, 0.3) is 0 Å². The molecule has 146 valence electrons. The maximum atomic E-state index is 14.3. The van der Waals surface area contributed by atoms with E-state index in [-0.39, 0.29) is 23.7 Å². The first-order valence-electron chi connectivity index (χ1n) is 8.16. The normalized spacial score (nSPS) is 12.1. The lowest BCUT2D eigenvalue weighted by molar-refractivity contribution is 0.0997. The summed E-state index contributed by atoms with van der Waals surface area (Å²) in [6.07, 6.45) is 0.165. The fourth-order valence-electron chi connectivity index (χ4n) is 2.62. The second kappa shape index (κ2) is 8.59. The molecule has 1 amide bonds. The van der Waals surface area contributed by atoms with Crippen LogP contribution in [0.5, 0.6) is 0 Å². The number of nitrogens with two attached hydrogens (primary N) is 1. The van der Waals surface area contributed by atoms with Crippen LogP contribution in [0, 0.1) is 12.7 Å². The number of hydrogen-bond acceptors (Lipinski definition) is 6. The largest absolute Gasteiger partial charge is 0.434 e. The van der Waals surface area contributed by atoms with Crippen LogP contribution in [0.4, 0.5) is 4.39 Å². The van der Waals surface area contributed by atoms with Gasteiger partial charge in [-0.2, -0.15) is 0 Å². The highest BCUT2D eigenvalue weighted by Gasteiger charge is 2.22. The quantitative estimate of drug-likeness (QED) is 0.504. The predicted octanol–water partition coefficient (Wildman–Crippen LogP) is 3.14. The van der Waals surface area contributed by atoms with Gasteiger partial charge >= 0.3 is 5.76 Å². The molecular weight excluding hydrogens is 407 g/mol. The molecule has 0 radical (unpaired) electrons. The van der Waals surface area contributed by atoms with E-state index >= 15 is 0 Å². The number of aromatic nitrogens is 2. The number of nitrogens with zero attached hydrogens (tertiary/aromatic N) is 1. The number of benzene rings is 2. The van der Waals surface area contributed by atoms with Crippen molar-refractivity contribution in [2.75, 3.05) is 0 Å². The standard InChI is InChI=1S/C18H16ClFN4O3S/c1-9-3-2-4-13(20)11(9)8-14(17-22-23-18(26)27-17)24-28-15-6-5-10(19)7-12(15)16(21)25/h2-7,14,24H,8H2,1H3,(H2,21,25)(H,23,26). The van der Waals surface area contributed by atoms with E-state index in [0.717, 1.165) is 17.5 Å². The maximum Gasteiger partial charge on any atom is 0.434 e. The van der Waals surface area contributed by atoms with Crippen LogP contribution < -0.4 is 16.2 Å². The smallest absolute Gasteiger partial charge is 0.391 e. The van der Waals surface area contributed by atoms with E-state index in [2.05, 4.69) is 14.9 Å². The predicted molar refractivity (Wildman–Crippen MR) is 104 cm³/mol. The molecule has 3 aromatic rings. The third kappa shape index (κ3) is 4.61. The van der Waals surface area contributed by atoms with Gasteiger partial charge in [-0.3, -0.25) is 4.79 Å². The highest BCUT2D eigenvalue weighted by Crippen LogP contribution is 2.28. The van der Waals surface area contributed by atoms with E-state index in [9.17, 15) is 14.0 Å². The molecule has 1 atom stereocenters. The summed E-state index contributed by atoms with van der Waals surface area (Å²) in [4.78, 5) is 23.6. The lowest BCUT2D eigenvalue weighted by Gasteiger charge is -2.17. The van der Waals surface area contributed by atoms with Crippen molar-refractivity contribution in [3.05, 3.63) is 80.4 Å². The summed E-state index contributed by atoms with van der Waals surface area (Å²) in [6, 6.07) is 8.81. The second-order valence-corrected chi connectivity index (χ2v) is 7.28. The third-order valence-electron chi connectivity index (χ3n) is 4.03. The van der Waals surface area contributed by atoms with Crippen LogP contribution >= 0.6 is 23.5 Å². The van der Waals surface area contributed by atoms with Crippen LogP contribution in [-0.2, 0) is 6.42 Å². The molecular formula is C18H16ClFN4O3S. The number of hydrogen-bond donors (Lipinski definition) is 3. The summed E-state index contributed by atoms with van der Waals surface area (Å²) in [6.45, 7) is 1.79. The van der Waals surface area contributed by atoms with Crippen LogP contribution in [-0.4, -0.2) is 16.1 Å². The topological polar surface area (TPSA) is 114 Å². The number of halogens is 2. The number of primary amides is 1. The van der Waals surface area contributed by atoms with Crippen molar-refractivity contribution in [1.82, 2.24) is 14.9 Å². The maximum absolute atomic E-state index is 14.3. The Morgan fingerprint density at radius 2 is 2.21 bits per heavy atom. The number of carbonyl (C=O) groups excluding carboxylic acids is 1. The Bertz CT molecular complexity index is 1050. The van der Waals surface area contributed by atoms with Crippen LogP contribution in [0.1, 0.15) is 33.4 Å². The molecule has 0 bridgehead atoms. The van der Waals surface area contributed by atoms with Crippen molar-refractivity contribution in [3.8, 4) is 0 Å². The van der Waals surface area contributed by atoms with Gasteiger partial charge in [0.05, 0.1) is 11.6 Å². The molecule has 1 unspecified atom stereocenters. The van der Waals surface area contributed by atoms with Gasteiger partial charge in [0, 0.05) is 16.3 Å². The van der Waals surface area contributed by atoms with Crippen LogP contribution in [0.25, 0.3) is 0 Å². The number of aromatic amines is 1. The Morgan fingerprint density at radius 3 is 2.86 bits per heavy atom. The molecule has 0 saturated carbocycles. The highest BCUT2D eigenvalue weighted by molar-refractivity contribution is 7.97. The molecule has 0 spiro atoms. The zero-order valence-corrected chi connectivity index (χ0v) is 16.2. The van der Waals surface area contributed by atoms with Crippen molar-refractivity contribution in [1.29, 1.82) is 0 Å². The third-order valence-corrected chi connectivity index (χ3v) is 5.25. The van der Waals surface area contributed by atoms with Gasteiger partial charge in [-0.15, -0.1) is 5.10 Å². The first-order chi connectivity index (χ1) is 13.3. The second-order valence-electron chi connectivity index (χ2n) is 5.97. The fraction of sp³-hybridized carbons (Fsp3) is 0.167. The lowest BCUT2D eigenvalue weighted by atomic mass is 10.0. The van der Waals surface area contributed by atoms with E-state index in [1.807, 2.05) is 0 Å². The lowest BCUT2D eigenvalue weighted by Crippen LogP contribution is -2.20. The average molecular weight is 423 g/mol. The van der Waals surface area contributed by atoms with Gasteiger partial charge < -0.3 is 10.2 Å². The molecule has 2 aromatic carbocycles. The van der Waals surface area contributed by atoms with E-state index in [1.54, 1.807) is 31.2 Å². The number of H-pyrrole nitrogens is 1. The van der Waals surface area contributed by atoms with Crippen molar-refractivity contribution in [2.24, 2.45) is 5.73 Å². The Kier molecular flexibility index (Phi) is 6.18. The summed E-state index contributed by atoms with van der Waals surface area (Å²) in [7, 11) is 0. The number of aryl methyl sites for hydroxylation is 1. The van der Waals surface area contributed by atoms with Crippen molar-refractivity contribution in [3.63, 3.8) is 0 Å². The number of rotatable bonds is 7. The fourth-order valence-corrected chi connectivity index (χ4v) is 3.65. The summed E-state index contributed by atoms with van der Waals surface area (Å²) in [5, 5.41) is 6.40. The van der Waals surface area contributed by atoms with Crippen LogP contribution in [0.15, 0.2) is 50.5 Å².